The number of ether oxygens (including phenoxy) is 1. The quantitative estimate of drug-likeness (QED) is 0.427. The molecule has 1 atom stereocenters. The number of hydrogen-bond acceptors (Lipinski definition) is 3. The fourth-order valence-electron chi connectivity index (χ4n) is 3.78. The molecule has 162 valence electrons. The van der Waals surface area contributed by atoms with Crippen molar-refractivity contribution in [2.24, 2.45) is 5.41 Å². The van der Waals surface area contributed by atoms with Crippen LogP contribution in [0.1, 0.15) is 59.3 Å². The van der Waals surface area contributed by atoms with E-state index >= 15 is 0 Å². The second kappa shape index (κ2) is 9.49. The van der Waals surface area contributed by atoms with Gasteiger partial charge in [-0.3, -0.25) is 4.79 Å². The van der Waals surface area contributed by atoms with Crippen LogP contribution in [0.3, 0.4) is 0 Å². The Morgan fingerprint density at radius 1 is 1.00 bits per heavy atom. The van der Waals surface area contributed by atoms with Crippen LogP contribution in [0.15, 0.2) is 60.7 Å². The van der Waals surface area contributed by atoms with Crippen LogP contribution in [0.5, 0.6) is 5.75 Å². The van der Waals surface area contributed by atoms with Gasteiger partial charge in [0.2, 0.25) is 0 Å². The summed E-state index contributed by atoms with van der Waals surface area (Å²) >= 11 is 0. The minimum atomic E-state index is -0.162. The van der Waals surface area contributed by atoms with Gasteiger partial charge in [0.05, 0.1) is 0 Å². The first kappa shape index (κ1) is 22.8. The zero-order valence-electron chi connectivity index (χ0n) is 19.1. The topological polar surface area (TPSA) is 46.5 Å². The Kier molecular flexibility index (Phi) is 6.97. The smallest absolute Gasteiger partial charge is 0.150 e. The van der Waals surface area contributed by atoms with Crippen LogP contribution in [0, 0.1) is 19.3 Å². The van der Waals surface area contributed by atoms with Crippen molar-refractivity contribution >= 4 is 6.29 Å². The Labute approximate surface area is 185 Å². The average molecular weight is 417 g/mol. The third kappa shape index (κ3) is 5.05. The van der Waals surface area contributed by atoms with E-state index in [1.807, 2.05) is 12.1 Å². The maximum absolute atomic E-state index is 10.8. The molecule has 3 rings (SSSR count). The van der Waals surface area contributed by atoms with Crippen molar-refractivity contribution in [2.75, 3.05) is 6.61 Å². The molecular weight excluding hydrogens is 384 g/mol. The largest absolute Gasteiger partial charge is 0.489 e. The minimum absolute atomic E-state index is 0.161. The number of aliphatic hydroxyl groups excluding tert-OH is 1. The summed E-state index contributed by atoms with van der Waals surface area (Å²) in [6, 6.07) is 20.1. The van der Waals surface area contributed by atoms with E-state index in [0.717, 1.165) is 17.6 Å². The lowest BCUT2D eigenvalue weighted by molar-refractivity contribution is 0.112. The van der Waals surface area contributed by atoms with E-state index in [1.54, 1.807) is 12.1 Å². The van der Waals surface area contributed by atoms with E-state index in [4.69, 9.17) is 4.74 Å². The highest BCUT2D eigenvalue weighted by atomic mass is 16.5. The Hall–Kier alpha value is -2.91. The molecule has 0 spiro atoms. The first-order valence-electron chi connectivity index (χ1n) is 10.7. The summed E-state index contributed by atoms with van der Waals surface area (Å²) in [5, 5.41) is 9.73. The zero-order valence-corrected chi connectivity index (χ0v) is 19.1. The zero-order chi connectivity index (χ0) is 22.6. The molecule has 0 saturated carbocycles. The Morgan fingerprint density at radius 2 is 1.71 bits per heavy atom. The fourth-order valence-corrected chi connectivity index (χ4v) is 3.78. The molecule has 0 aliphatic carbocycles. The molecule has 3 aromatic carbocycles. The van der Waals surface area contributed by atoms with Crippen LogP contribution in [-0.4, -0.2) is 18.0 Å². The lowest BCUT2D eigenvalue weighted by Crippen LogP contribution is -2.24. The van der Waals surface area contributed by atoms with Gasteiger partial charge in [-0.25, -0.2) is 0 Å². The standard InChI is InChI=1S/C28H32O3/c1-19-15-23(21(3)28(4,5)18-30)11-14-26(19)27-8-6-7-24(20(27)2)17-31-25-12-9-22(16-29)10-13-25/h6-16,21,30H,17-18H2,1-5H3. The van der Waals surface area contributed by atoms with Gasteiger partial charge < -0.3 is 9.84 Å². The number of benzene rings is 3. The normalized spacial score (nSPS) is 12.5. The van der Waals surface area contributed by atoms with Crippen LogP contribution in [0.25, 0.3) is 11.1 Å². The van der Waals surface area contributed by atoms with Gasteiger partial charge in [0.25, 0.3) is 0 Å². The molecule has 3 nitrogen and oxygen atoms in total. The Balaban J connectivity index is 1.84. The van der Waals surface area contributed by atoms with Gasteiger partial charge in [0, 0.05) is 12.2 Å². The number of aldehydes is 1. The van der Waals surface area contributed by atoms with E-state index in [-0.39, 0.29) is 17.9 Å². The first-order chi connectivity index (χ1) is 14.8. The van der Waals surface area contributed by atoms with Crippen molar-refractivity contribution in [1.82, 2.24) is 0 Å². The molecule has 0 aliphatic heterocycles. The molecular formula is C28H32O3. The SMILES string of the molecule is Cc1cc(C(C)C(C)(C)CO)ccc1-c1cccc(COc2ccc(C=O)cc2)c1C. The van der Waals surface area contributed by atoms with Crippen LogP contribution >= 0.6 is 0 Å². The highest BCUT2D eigenvalue weighted by Crippen LogP contribution is 2.37. The molecule has 1 unspecified atom stereocenters. The van der Waals surface area contributed by atoms with E-state index in [1.165, 1.54) is 27.8 Å². The van der Waals surface area contributed by atoms with Gasteiger partial charge in [-0.2, -0.15) is 0 Å². The second-order valence-electron chi connectivity index (χ2n) is 9.01. The number of aliphatic hydroxyl groups is 1. The summed E-state index contributed by atoms with van der Waals surface area (Å²) in [5.41, 5.74) is 7.70. The van der Waals surface area contributed by atoms with Gasteiger partial charge in [-0.05, 0) is 82.8 Å². The molecule has 0 amide bonds. The molecule has 0 radical (unpaired) electrons. The van der Waals surface area contributed by atoms with Gasteiger partial charge in [0.1, 0.15) is 18.6 Å². The Morgan fingerprint density at radius 3 is 2.32 bits per heavy atom. The summed E-state index contributed by atoms with van der Waals surface area (Å²) in [7, 11) is 0. The highest BCUT2D eigenvalue weighted by molar-refractivity contribution is 5.75. The lowest BCUT2D eigenvalue weighted by atomic mass is 9.76. The predicted molar refractivity (Wildman–Crippen MR) is 127 cm³/mol. The van der Waals surface area contributed by atoms with E-state index in [0.29, 0.717) is 12.2 Å². The van der Waals surface area contributed by atoms with Gasteiger partial charge in [-0.15, -0.1) is 0 Å². The molecule has 0 fully saturated rings. The fraction of sp³-hybridized carbons (Fsp3) is 0.321. The van der Waals surface area contributed by atoms with E-state index in [2.05, 4.69) is 71.0 Å². The van der Waals surface area contributed by atoms with E-state index < -0.39 is 0 Å². The third-order valence-electron chi connectivity index (χ3n) is 6.48. The van der Waals surface area contributed by atoms with E-state index in [9.17, 15) is 9.90 Å². The lowest BCUT2D eigenvalue weighted by Gasteiger charge is -2.30. The van der Waals surface area contributed by atoms with Gasteiger partial charge >= 0.3 is 0 Å². The number of aryl methyl sites for hydroxylation is 1. The van der Waals surface area contributed by atoms with Crippen molar-refractivity contribution in [2.45, 2.75) is 47.1 Å². The van der Waals surface area contributed by atoms with Crippen molar-refractivity contribution in [1.29, 1.82) is 0 Å². The predicted octanol–water partition coefficient (Wildman–Crippen LogP) is 6.48. The molecule has 3 aromatic rings. The third-order valence-corrected chi connectivity index (χ3v) is 6.48. The van der Waals surface area contributed by atoms with Crippen molar-refractivity contribution in [3.63, 3.8) is 0 Å². The van der Waals surface area contributed by atoms with Crippen molar-refractivity contribution in [3.05, 3.63) is 88.5 Å². The number of rotatable bonds is 8. The second-order valence-corrected chi connectivity index (χ2v) is 9.01. The van der Waals surface area contributed by atoms with Crippen LogP contribution in [0.2, 0.25) is 0 Å². The number of hydrogen-bond donors (Lipinski definition) is 1. The molecule has 0 bridgehead atoms. The summed E-state index contributed by atoms with van der Waals surface area (Å²) in [6.45, 7) is 11.3. The molecule has 1 N–H and O–H groups in total. The number of carbonyl (C=O) groups excluding carboxylic acids is 1. The maximum atomic E-state index is 10.8. The average Bonchev–Trinajstić information content (AvgIpc) is 2.78. The molecule has 0 heterocycles. The van der Waals surface area contributed by atoms with Crippen LogP contribution < -0.4 is 4.74 Å². The summed E-state index contributed by atoms with van der Waals surface area (Å²) in [5.74, 6) is 1.01. The summed E-state index contributed by atoms with van der Waals surface area (Å²) in [4.78, 5) is 10.8. The Bertz CT molecular complexity index is 1050. The minimum Gasteiger partial charge on any atom is -0.489 e. The summed E-state index contributed by atoms with van der Waals surface area (Å²) in [6.07, 6.45) is 0.830. The maximum Gasteiger partial charge on any atom is 0.150 e. The summed E-state index contributed by atoms with van der Waals surface area (Å²) < 4.78 is 5.95. The van der Waals surface area contributed by atoms with Crippen molar-refractivity contribution in [3.8, 4) is 16.9 Å². The highest BCUT2D eigenvalue weighted by Gasteiger charge is 2.26. The molecule has 3 heteroatoms. The van der Waals surface area contributed by atoms with Crippen LogP contribution in [0.4, 0.5) is 0 Å². The first-order valence-corrected chi connectivity index (χ1v) is 10.7. The molecule has 0 saturated heterocycles. The van der Waals surface area contributed by atoms with Gasteiger partial charge in [0.15, 0.2) is 0 Å². The van der Waals surface area contributed by atoms with Gasteiger partial charge in [-0.1, -0.05) is 57.2 Å². The molecule has 0 aromatic heterocycles. The molecule has 0 aliphatic rings. The monoisotopic (exact) mass is 416 g/mol. The van der Waals surface area contributed by atoms with Crippen molar-refractivity contribution < 1.29 is 14.6 Å². The van der Waals surface area contributed by atoms with Crippen LogP contribution in [-0.2, 0) is 6.61 Å². The molecule has 31 heavy (non-hydrogen) atoms. The number of carbonyl (C=O) groups is 1.